The summed E-state index contributed by atoms with van der Waals surface area (Å²) in [6.07, 6.45) is 1.16. The number of nitrogens with one attached hydrogen (secondary N) is 1. The van der Waals surface area contributed by atoms with Crippen molar-refractivity contribution in [1.82, 2.24) is 5.32 Å². The van der Waals surface area contributed by atoms with Crippen LogP contribution < -0.4 is 11.2 Å². The van der Waals surface area contributed by atoms with Crippen molar-refractivity contribution in [2.45, 2.75) is 52.9 Å². The van der Waals surface area contributed by atoms with Gasteiger partial charge < -0.3 is 25.4 Å². The average molecular weight is 330 g/mol. The van der Waals surface area contributed by atoms with Crippen LogP contribution in [0.1, 0.15) is 41.0 Å². The van der Waals surface area contributed by atoms with Gasteiger partial charge in [-0.05, 0) is 41.0 Å². The van der Waals surface area contributed by atoms with Crippen LogP contribution in [0.25, 0.3) is 0 Å². The van der Waals surface area contributed by atoms with Gasteiger partial charge in [0.25, 0.3) is 0 Å². The minimum atomic E-state index is -0.612. The van der Waals surface area contributed by atoms with Crippen molar-refractivity contribution in [3.63, 3.8) is 0 Å². The summed E-state index contributed by atoms with van der Waals surface area (Å²) in [6.45, 7) is 11.1. The summed E-state index contributed by atoms with van der Waals surface area (Å²) in [5.41, 5.74) is -0.0729. The Morgan fingerprint density at radius 2 is 1.87 bits per heavy atom. The predicted molar refractivity (Wildman–Crippen MR) is 90.9 cm³/mol. The number of rotatable bonds is 10. The van der Waals surface area contributed by atoms with Gasteiger partial charge in [0.15, 0.2) is 0 Å². The fraction of sp³-hybridized carbons (Fsp3) is 0.800. The number of alkyl carbamates (subject to hydrolysis) is 1. The largest absolute Gasteiger partial charge is 0.444 e. The summed E-state index contributed by atoms with van der Waals surface area (Å²) in [5, 5.41) is 6.30. The molecule has 8 heteroatoms. The minimum Gasteiger partial charge on any atom is -0.444 e. The monoisotopic (exact) mass is 330 g/mol. The second-order valence-corrected chi connectivity index (χ2v) is 5.61. The van der Waals surface area contributed by atoms with E-state index in [-0.39, 0.29) is 0 Å². The number of carbonyl (C=O) groups excluding carboxylic acids is 1. The molecule has 3 N–H and O–H groups in total. The first-order valence-electron chi connectivity index (χ1n) is 7.81. The lowest BCUT2D eigenvalue weighted by Gasteiger charge is -2.19. The maximum absolute atomic E-state index is 11.4. The summed E-state index contributed by atoms with van der Waals surface area (Å²) in [4.78, 5) is 15.7. The van der Waals surface area contributed by atoms with Crippen molar-refractivity contribution in [2.24, 2.45) is 15.9 Å². The zero-order chi connectivity index (χ0) is 17.7. The van der Waals surface area contributed by atoms with Gasteiger partial charge in [0.1, 0.15) is 11.3 Å². The molecular formula is C15H30N4O4. The predicted octanol–water partition coefficient (Wildman–Crippen LogP) is 1.69. The Morgan fingerprint density at radius 1 is 1.26 bits per heavy atom. The quantitative estimate of drug-likeness (QED) is 0.208. The van der Waals surface area contributed by atoms with Gasteiger partial charge >= 0.3 is 6.09 Å². The Labute approximate surface area is 138 Å². The fourth-order valence-electron chi connectivity index (χ4n) is 1.51. The highest BCUT2D eigenvalue weighted by molar-refractivity contribution is 6.32. The number of nitrogens with two attached hydrogens (primary N) is 1. The highest BCUT2D eigenvalue weighted by Crippen LogP contribution is 2.06. The van der Waals surface area contributed by atoms with E-state index in [0.717, 1.165) is 0 Å². The first-order valence-corrected chi connectivity index (χ1v) is 7.81. The molecule has 0 saturated heterocycles. The van der Waals surface area contributed by atoms with Crippen molar-refractivity contribution < 1.29 is 19.0 Å². The zero-order valence-corrected chi connectivity index (χ0v) is 14.8. The van der Waals surface area contributed by atoms with Gasteiger partial charge in [0.05, 0.1) is 0 Å². The lowest BCUT2D eigenvalue weighted by molar-refractivity contribution is -0.0886. The van der Waals surface area contributed by atoms with E-state index < -0.39 is 18.0 Å². The van der Waals surface area contributed by atoms with Crippen LogP contribution in [0.3, 0.4) is 0 Å². The summed E-state index contributed by atoms with van der Waals surface area (Å²) < 4.78 is 15.9. The molecule has 0 rings (SSSR count). The van der Waals surface area contributed by atoms with E-state index in [1.807, 2.05) is 34.6 Å². The molecule has 0 atom stereocenters. The number of hydrazone groups is 1. The number of nitrogens with zero attached hydrogens (tertiary/aromatic N) is 2. The molecule has 0 heterocycles. The van der Waals surface area contributed by atoms with Crippen molar-refractivity contribution in [1.29, 1.82) is 0 Å². The topological polar surface area (TPSA) is 108 Å². The van der Waals surface area contributed by atoms with Crippen LogP contribution in [-0.2, 0) is 14.2 Å². The number of aliphatic imine (C=N–C) groups is 1. The van der Waals surface area contributed by atoms with E-state index in [0.29, 0.717) is 38.4 Å². The number of amides is 1. The molecule has 0 unspecified atom stereocenters. The Morgan fingerprint density at radius 3 is 2.35 bits per heavy atom. The Kier molecular flexibility index (Phi) is 11.0. The van der Waals surface area contributed by atoms with Gasteiger partial charge in [-0.2, -0.15) is 5.10 Å². The van der Waals surface area contributed by atoms with Crippen molar-refractivity contribution in [3.05, 3.63) is 0 Å². The molecule has 0 aliphatic carbocycles. The molecule has 0 spiro atoms. The van der Waals surface area contributed by atoms with E-state index in [4.69, 9.17) is 20.1 Å². The highest BCUT2D eigenvalue weighted by atomic mass is 16.7. The van der Waals surface area contributed by atoms with Crippen LogP contribution in [0.4, 0.5) is 4.79 Å². The molecule has 0 aromatic heterocycles. The molecule has 0 aromatic rings. The lowest BCUT2D eigenvalue weighted by Crippen LogP contribution is -2.33. The van der Waals surface area contributed by atoms with Gasteiger partial charge in [-0.15, -0.1) is 0 Å². The molecule has 1 amide bonds. The van der Waals surface area contributed by atoms with Gasteiger partial charge in [-0.25, -0.2) is 4.79 Å². The molecule has 0 aromatic carbocycles. The van der Waals surface area contributed by atoms with Crippen LogP contribution in [0.2, 0.25) is 0 Å². The van der Waals surface area contributed by atoms with E-state index in [9.17, 15) is 4.79 Å². The Bertz CT molecular complexity index is 385. The molecule has 8 nitrogen and oxygen atoms in total. The molecule has 0 bridgehead atoms. The first kappa shape index (κ1) is 21.3. The summed E-state index contributed by atoms with van der Waals surface area (Å²) in [5.74, 6) is 5.34. The first-order chi connectivity index (χ1) is 10.8. The second-order valence-electron chi connectivity index (χ2n) is 5.61. The third kappa shape index (κ3) is 11.5. The molecule has 0 radical (unpaired) electrons. The number of hydrogen-bond donors (Lipinski definition) is 2. The SMILES string of the molecule is CCOC(OCC)C(C=NCCCNC(=O)OC(C)(C)C)=NN. The van der Waals surface area contributed by atoms with Crippen LogP contribution in [0, 0.1) is 0 Å². The van der Waals surface area contributed by atoms with Gasteiger partial charge in [0.2, 0.25) is 6.29 Å². The zero-order valence-electron chi connectivity index (χ0n) is 14.8. The lowest BCUT2D eigenvalue weighted by atomic mass is 10.2. The van der Waals surface area contributed by atoms with E-state index >= 15 is 0 Å². The molecule has 0 aliphatic rings. The molecule has 0 saturated carbocycles. The smallest absolute Gasteiger partial charge is 0.407 e. The number of ether oxygens (including phenoxy) is 3. The fourth-order valence-corrected chi connectivity index (χ4v) is 1.51. The summed E-state index contributed by atoms with van der Waals surface area (Å²) in [7, 11) is 0. The van der Waals surface area contributed by atoms with Crippen molar-refractivity contribution in [2.75, 3.05) is 26.3 Å². The molecule has 134 valence electrons. The maximum atomic E-state index is 11.4. The number of carbonyl (C=O) groups is 1. The van der Waals surface area contributed by atoms with Crippen LogP contribution in [0.15, 0.2) is 10.1 Å². The van der Waals surface area contributed by atoms with E-state index in [1.54, 1.807) is 0 Å². The van der Waals surface area contributed by atoms with Gasteiger partial charge in [0, 0.05) is 32.5 Å². The van der Waals surface area contributed by atoms with Crippen LogP contribution >= 0.6 is 0 Å². The highest BCUT2D eigenvalue weighted by Gasteiger charge is 2.15. The van der Waals surface area contributed by atoms with Crippen LogP contribution in [0.5, 0.6) is 0 Å². The van der Waals surface area contributed by atoms with Crippen molar-refractivity contribution >= 4 is 18.0 Å². The third-order valence-corrected chi connectivity index (χ3v) is 2.38. The molecular weight excluding hydrogens is 300 g/mol. The molecule has 0 aliphatic heterocycles. The maximum Gasteiger partial charge on any atom is 0.407 e. The second kappa shape index (κ2) is 11.8. The standard InChI is InChI=1S/C15H30N4O4/c1-6-21-13(22-7-2)12(19-16)11-17-9-8-10-18-14(20)23-15(3,4)5/h11,13H,6-10,16H2,1-5H3,(H,18,20). The van der Waals surface area contributed by atoms with E-state index in [1.165, 1.54) is 6.21 Å². The average Bonchev–Trinajstić information content (AvgIpc) is 2.44. The minimum absolute atomic E-state index is 0.425. The van der Waals surface area contributed by atoms with E-state index in [2.05, 4.69) is 15.4 Å². The molecule has 23 heavy (non-hydrogen) atoms. The summed E-state index contributed by atoms with van der Waals surface area (Å²) >= 11 is 0. The van der Waals surface area contributed by atoms with Crippen LogP contribution in [-0.4, -0.2) is 56.2 Å². The Balaban J connectivity index is 4.09. The summed E-state index contributed by atoms with van der Waals surface area (Å²) in [6, 6.07) is 0. The number of hydrogen-bond acceptors (Lipinski definition) is 7. The van der Waals surface area contributed by atoms with Crippen molar-refractivity contribution in [3.8, 4) is 0 Å². The normalized spacial score (nSPS) is 12.9. The molecule has 0 fully saturated rings. The third-order valence-electron chi connectivity index (χ3n) is 2.38. The Hall–Kier alpha value is -1.67. The van der Waals surface area contributed by atoms with Gasteiger partial charge in [-0.3, -0.25) is 4.99 Å². The van der Waals surface area contributed by atoms with Gasteiger partial charge in [-0.1, -0.05) is 0 Å².